The van der Waals surface area contributed by atoms with Crippen LogP contribution < -0.4 is 5.73 Å². The SMILES string of the molecule is CCCC[C@@H](N)c1ccc2ccccc2n1.Cl. The highest BCUT2D eigenvalue weighted by atomic mass is 35.5. The lowest BCUT2D eigenvalue weighted by molar-refractivity contribution is 0.592. The van der Waals surface area contributed by atoms with E-state index in [9.17, 15) is 0 Å². The Morgan fingerprint density at radius 2 is 1.94 bits per heavy atom. The first-order valence-electron chi connectivity index (χ1n) is 5.92. The van der Waals surface area contributed by atoms with Crippen LogP contribution in [-0.4, -0.2) is 4.98 Å². The number of pyridine rings is 1. The first kappa shape index (κ1) is 13.9. The number of rotatable bonds is 4. The van der Waals surface area contributed by atoms with Crippen molar-refractivity contribution in [2.75, 3.05) is 0 Å². The molecule has 0 unspecified atom stereocenters. The van der Waals surface area contributed by atoms with Gasteiger partial charge in [0.1, 0.15) is 0 Å². The van der Waals surface area contributed by atoms with Gasteiger partial charge in [-0.25, -0.2) is 0 Å². The normalized spacial score (nSPS) is 12.1. The van der Waals surface area contributed by atoms with E-state index in [4.69, 9.17) is 5.73 Å². The molecule has 1 heterocycles. The summed E-state index contributed by atoms with van der Waals surface area (Å²) in [4.78, 5) is 4.60. The average molecular weight is 251 g/mol. The Bertz CT molecular complexity index is 470. The molecule has 0 saturated carbocycles. The van der Waals surface area contributed by atoms with Gasteiger partial charge in [0, 0.05) is 11.4 Å². The van der Waals surface area contributed by atoms with E-state index in [0.717, 1.165) is 24.1 Å². The largest absolute Gasteiger partial charge is 0.323 e. The number of hydrogen-bond donors (Lipinski definition) is 1. The molecule has 0 aliphatic heterocycles. The van der Waals surface area contributed by atoms with Gasteiger partial charge in [-0.3, -0.25) is 4.98 Å². The van der Waals surface area contributed by atoms with E-state index < -0.39 is 0 Å². The van der Waals surface area contributed by atoms with Crippen molar-refractivity contribution in [1.82, 2.24) is 4.98 Å². The number of nitrogens with zero attached hydrogens (tertiary/aromatic N) is 1. The molecule has 2 N–H and O–H groups in total. The third-order valence-electron chi connectivity index (χ3n) is 2.87. The van der Waals surface area contributed by atoms with Crippen LogP contribution in [0.15, 0.2) is 36.4 Å². The zero-order valence-electron chi connectivity index (χ0n) is 10.1. The van der Waals surface area contributed by atoms with Gasteiger partial charge in [-0.15, -0.1) is 12.4 Å². The van der Waals surface area contributed by atoms with E-state index in [1.807, 2.05) is 24.3 Å². The number of halogens is 1. The zero-order chi connectivity index (χ0) is 11.4. The molecule has 0 spiro atoms. The predicted molar refractivity (Wildman–Crippen MR) is 75.4 cm³/mol. The number of hydrogen-bond acceptors (Lipinski definition) is 2. The van der Waals surface area contributed by atoms with Crippen LogP contribution in [0.3, 0.4) is 0 Å². The molecule has 0 fully saturated rings. The quantitative estimate of drug-likeness (QED) is 0.895. The fourth-order valence-corrected chi connectivity index (χ4v) is 1.86. The van der Waals surface area contributed by atoms with E-state index in [1.165, 1.54) is 11.8 Å². The van der Waals surface area contributed by atoms with Gasteiger partial charge in [0.2, 0.25) is 0 Å². The van der Waals surface area contributed by atoms with E-state index >= 15 is 0 Å². The summed E-state index contributed by atoms with van der Waals surface area (Å²) in [6, 6.07) is 12.4. The Labute approximate surface area is 109 Å². The monoisotopic (exact) mass is 250 g/mol. The molecular formula is C14H19ClN2. The van der Waals surface area contributed by atoms with Crippen molar-refractivity contribution < 1.29 is 0 Å². The number of para-hydroxylation sites is 1. The third-order valence-corrected chi connectivity index (χ3v) is 2.87. The van der Waals surface area contributed by atoms with Crippen molar-refractivity contribution in [3.05, 3.63) is 42.1 Å². The highest BCUT2D eigenvalue weighted by Crippen LogP contribution is 2.18. The molecule has 2 nitrogen and oxygen atoms in total. The number of benzene rings is 1. The van der Waals surface area contributed by atoms with Gasteiger partial charge in [-0.2, -0.15) is 0 Å². The lowest BCUT2D eigenvalue weighted by Crippen LogP contribution is -2.11. The summed E-state index contributed by atoms with van der Waals surface area (Å²) in [5, 5.41) is 1.17. The zero-order valence-corrected chi connectivity index (χ0v) is 10.9. The molecule has 1 atom stereocenters. The van der Waals surface area contributed by atoms with Gasteiger partial charge < -0.3 is 5.73 Å². The molecule has 0 aliphatic carbocycles. The molecule has 3 heteroatoms. The molecule has 0 aliphatic rings. The number of fused-ring (bicyclic) bond motifs is 1. The second kappa shape index (κ2) is 6.58. The van der Waals surface area contributed by atoms with Gasteiger partial charge in [-0.1, -0.05) is 44.0 Å². The first-order chi connectivity index (χ1) is 7.81. The topological polar surface area (TPSA) is 38.9 Å². The summed E-state index contributed by atoms with van der Waals surface area (Å²) < 4.78 is 0. The van der Waals surface area contributed by atoms with E-state index in [-0.39, 0.29) is 18.4 Å². The number of nitrogens with two attached hydrogens (primary N) is 1. The van der Waals surface area contributed by atoms with Crippen molar-refractivity contribution >= 4 is 23.3 Å². The van der Waals surface area contributed by atoms with Crippen LogP contribution in [0.2, 0.25) is 0 Å². The smallest absolute Gasteiger partial charge is 0.0706 e. The minimum absolute atomic E-state index is 0. The molecule has 0 amide bonds. The van der Waals surface area contributed by atoms with Gasteiger partial charge in [0.05, 0.1) is 11.2 Å². The molecule has 0 bridgehead atoms. The Morgan fingerprint density at radius 3 is 2.71 bits per heavy atom. The first-order valence-corrected chi connectivity index (χ1v) is 5.92. The van der Waals surface area contributed by atoms with Crippen LogP contribution in [-0.2, 0) is 0 Å². The molecule has 2 rings (SSSR count). The molecule has 92 valence electrons. The molecule has 17 heavy (non-hydrogen) atoms. The standard InChI is InChI=1S/C14H18N2.ClH/c1-2-3-7-12(15)14-10-9-11-6-4-5-8-13(11)16-14;/h4-6,8-10,12H,2-3,7,15H2,1H3;1H/t12-;/m1./s1. The van der Waals surface area contributed by atoms with Crippen LogP contribution in [0.4, 0.5) is 0 Å². The Balaban J connectivity index is 0.00000144. The summed E-state index contributed by atoms with van der Waals surface area (Å²) in [5.74, 6) is 0. The highest BCUT2D eigenvalue weighted by molar-refractivity contribution is 5.85. The van der Waals surface area contributed by atoms with Crippen LogP contribution in [0.25, 0.3) is 10.9 Å². The summed E-state index contributed by atoms with van der Waals surface area (Å²) in [7, 11) is 0. The summed E-state index contributed by atoms with van der Waals surface area (Å²) >= 11 is 0. The van der Waals surface area contributed by atoms with Crippen molar-refractivity contribution in [2.24, 2.45) is 5.73 Å². The van der Waals surface area contributed by atoms with Crippen molar-refractivity contribution in [3.8, 4) is 0 Å². The van der Waals surface area contributed by atoms with Gasteiger partial charge in [0.15, 0.2) is 0 Å². The molecule has 2 aromatic rings. The maximum Gasteiger partial charge on any atom is 0.0706 e. The fraction of sp³-hybridized carbons (Fsp3) is 0.357. The second-order valence-corrected chi connectivity index (χ2v) is 4.18. The lowest BCUT2D eigenvalue weighted by atomic mass is 10.1. The van der Waals surface area contributed by atoms with Crippen molar-refractivity contribution in [1.29, 1.82) is 0 Å². The third kappa shape index (κ3) is 3.42. The van der Waals surface area contributed by atoms with E-state index in [1.54, 1.807) is 0 Å². The minimum atomic E-state index is 0. The summed E-state index contributed by atoms with van der Waals surface area (Å²) in [5.41, 5.74) is 8.15. The van der Waals surface area contributed by atoms with Crippen LogP contribution >= 0.6 is 12.4 Å². The Morgan fingerprint density at radius 1 is 1.18 bits per heavy atom. The molecule has 0 radical (unpaired) electrons. The molecule has 1 aromatic carbocycles. The Kier molecular flexibility index (Phi) is 5.39. The predicted octanol–water partition coefficient (Wildman–Crippen LogP) is 3.85. The van der Waals surface area contributed by atoms with E-state index in [0.29, 0.717) is 0 Å². The lowest BCUT2D eigenvalue weighted by Gasteiger charge is -2.10. The van der Waals surface area contributed by atoms with E-state index in [2.05, 4.69) is 24.0 Å². The molecule has 1 aromatic heterocycles. The number of unbranched alkanes of at least 4 members (excludes halogenated alkanes) is 1. The maximum atomic E-state index is 6.11. The Hall–Kier alpha value is -1.12. The molecule has 0 saturated heterocycles. The van der Waals surface area contributed by atoms with Crippen molar-refractivity contribution in [3.63, 3.8) is 0 Å². The second-order valence-electron chi connectivity index (χ2n) is 4.18. The van der Waals surface area contributed by atoms with Crippen LogP contribution in [0, 0.1) is 0 Å². The van der Waals surface area contributed by atoms with Gasteiger partial charge in [0.25, 0.3) is 0 Å². The number of aromatic nitrogens is 1. The maximum absolute atomic E-state index is 6.11. The van der Waals surface area contributed by atoms with Crippen molar-refractivity contribution in [2.45, 2.75) is 32.2 Å². The van der Waals surface area contributed by atoms with Crippen LogP contribution in [0.1, 0.15) is 37.9 Å². The fourth-order valence-electron chi connectivity index (χ4n) is 1.86. The van der Waals surface area contributed by atoms with Gasteiger partial charge >= 0.3 is 0 Å². The van der Waals surface area contributed by atoms with Gasteiger partial charge in [-0.05, 0) is 18.6 Å². The molecular weight excluding hydrogens is 232 g/mol. The van der Waals surface area contributed by atoms with Crippen LogP contribution in [0.5, 0.6) is 0 Å². The summed E-state index contributed by atoms with van der Waals surface area (Å²) in [6.07, 6.45) is 3.36. The summed E-state index contributed by atoms with van der Waals surface area (Å²) in [6.45, 7) is 2.18. The minimum Gasteiger partial charge on any atom is -0.323 e. The highest BCUT2D eigenvalue weighted by Gasteiger charge is 2.07. The average Bonchev–Trinajstić information content (AvgIpc) is 2.35.